The summed E-state index contributed by atoms with van der Waals surface area (Å²) >= 11 is 0. The minimum atomic E-state index is 0.438. The van der Waals surface area contributed by atoms with E-state index in [0.717, 1.165) is 11.3 Å². The summed E-state index contributed by atoms with van der Waals surface area (Å²) in [6.45, 7) is 6.91. The molecular weight excluding hydrogens is 250 g/mol. The van der Waals surface area contributed by atoms with Crippen LogP contribution in [0.2, 0.25) is 0 Å². The van der Waals surface area contributed by atoms with Crippen molar-refractivity contribution in [1.29, 1.82) is 0 Å². The molecule has 0 fully saturated rings. The number of nitrogens with zero attached hydrogens (tertiary/aromatic N) is 1. The number of ether oxygens (including phenoxy) is 1. The molecule has 0 atom stereocenters. The Morgan fingerprint density at radius 2 is 2.05 bits per heavy atom. The second-order valence-electron chi connectivity index (χ2n) is 5.18. The van der Waals surface area contributed by atoms with Crippen molar-refractivity contribution in [3.8, 4) is 5.75 Å². The number of rotatable bonds is 5. The summed E-state index contributed by atoms with van der Waals surface area (Å²) in [6.07, 6.45) is 1.76. The average molecular weight is 271 g/mol. The van der Waals surface area contributed by atoms with E-state index in [4.69, 9.17) is 10.6 Å². The molecule has 106 valence electrons. The highest BCUT2D eigenvalue weighted by molar-refractivity contribution is 5.39. The van der Waals surface area contributed by atoms with Gasteiger partial charge < -0.3 is 10.2 Å². The molecule has 3 N–H and O–H groups in total. The maximum absolute atomic E-state index is 5.95. The van der Waals surface area contributed by atoms with Gasteiger partial charge in [-0.3, -0.25) is 0 Å². The van der Waals surface area contributed by atoms with Crippen LogP contribution < -0.4 is 16.0 Å². The van der Waals surface area contributed by atoms with Gasteiger partial charge in [-0.15, -0.1) is 0 Å². The van der Waals surface area contributed by atoms with Crippen LogP contribution in [0.5, 0.6) is 5.75 Å². The number of benzene rings is 1. The quantitative estimate of drug-likeness (QED) is 0.646. The molecule has 1 aromatic heterocycles. The van der Waals surface area contributed by atoms with Gasteiger partial charge in [0.15, 0.2) is 0 Å². The Morgan fingerprint density at radius 3 is 2.65 bits per heavy atom. The second-order valence-corrected chi connectivity index (χ2v) is 5.18. The third-order valence-electron chi connectivity index (χ3n) is 3.16. The summed E-state index contributed by atoms with van der Waals surface area (Å²) in [5.74, 6) is 7.32. The Hall–Kier alpha value is -2.07. The number of nitrogen functional groups attached to an aromatic ring is 1. The van der Waals surface area contributed by atoms with Crippen LogP contribution in [0.15, 0.2) is 36.5 Å². The maximum atomic E-state index is 5.95. The minimum Gasteiger partial charge on any atom is -0.489 e. The van der Waals surface area contributed by atoms with Gasteiger partial charge in [0.05, 0.1) is 0 Å². The first-order chi connectivity index (χ1) is 9.60. The van der Waals surface area contributed by atoms with E-state index in [9.17, 15) is 0 Å². The Kier molecular flexibility index (Phi) is 4.58. The molecule has 0 saturated carbocycles. The predicted molar refractivity (Wildman–Crippen MR) is 81.6 cm³/mol. The summed E-state index contributed by atoms with van der Waals surface area (Å²) < 4.78 is 5.95. The first kappa shape index (κ1) is 14.3. The largest absolute Gasteiger partial charge is 0.489 e. The number of hydrogen-bond acceptors (Lipinski definition) is 4. The molecule has 0 aliphatic rings. The molecule has 0 bridgehead atoms. The van der Waals surface area contributed by atoms with Crippen molar-refractivity contribution in [3.05, 3.63) is 53.2 Å². The molecular formula is C16H21N3O. The molecule has 0 amide bonds. The smallest absolute Gasteiger partial charge is 0.139 e. The standard InChI is InChI=1S/C16H21N3O/c1-11(2)14-6-4-12(3)8-15(14)20-10-13-5-7-16(19-17)18-9-13/h4-9,11H,10,17H2,1-3H3,(H,18,19). The van der Waals surface area contributed by atoms with Gasteiger partial charge >= 0.3 is 0 Å². The van der Waals surface area contributed by atoms with Crippen LogP contribution in [-0.4, -0.2) is 4.98 Å². The van der Waals surface area contributed by atoms with Crippen LogP contribution in [0.4, 0.5) is 5.82 Å². The van der Waals surface area contributed by atoms with Gasteiger partial charge in [-0.1, -0.05) is 32.0 Å². The number of aromatic nitrogens is 1. The first-order valence-corrected chi connectivity index (χ1v) is 6.75. The highest BCUT2D eigenvalue weighted by Crippen LogP contribution is 2.28. The zero-order valence-corrected chi connectivity index (χ0v) is 12.2. The summed E-state index contributed by atoms with van der Waals surface area (Å²) in [5, 5.41) is 0. The summed E-state index contributed by atoms with van der Waals surface area (Å²) in [7, 11) is 0. The fraction of sp³-hybridized carbons (Fsp3) is 0.312. The van der Waals surface area contributed by atoms with E-state index in [1.165, 1.54) is 11.1 Å². The van der Waals surface area contributed by atoms with Gasteiger partial charge in [-0.25, -0.2) is 10.8 Å². The summed E-state index contributed by atoms with van der Waals surface area (Å²) in [4.78, 5) is 4.17. The number of aryl methyl sites for hydroxylation is 1. The molecule has 0 radical (unpaired) electrons. The van der Waals surface area contributed by atoms with E-state index in [0.29, 0.717) is 18.3 Å². The molecule has 2 aromatic rings. The first-order valence-electron chi connectivity index (χ1n) is 6.75. The van der Waals surface area contributed by atoms with E-state index in [2.05, 4.69) is 49.4 Å². The number of hydrogen-bond donors (Lipinski definition) is 2. The molecule has 0 spiro atoms. The molecule has 1 aromatic carbocycles. The lowest BCUT2D eigenvalue weighted by Gasteiger charge is -2.15. The van der Waals surface area contributed by atoms with Crippen LogP contribution in [-0.2, 0) is 6.61 Å². The molecule has 20 heavy (non-hydrogen) atoms. The Bertz CT molecular complexity index is 564. The van der Waals surface area contributed by atoms with E-state index < -0.39 is 0 Å². The van der Waals surface area contributed by atoms with Crippen LogP contribution >= 0.6 is 0 Å². The van der Waals surface area contributed by atoms with Crippen molar-refractivity contribution < 1.29 is 4.74 Å². The number of nitrogens with two attached hydrogens (primary N) is 1. The van der Waals surface area contributed by atoms with Crippen LogP contribution in [0.1, 0.15) is 36.5 Å². The molecule has 0 unspecified atom stereocenters. The van der Waals surface area contributed by atoms with Crippen molar-refractivity contribution in [3.63, 3.8) is 0 Å². The topological polar surface area (TPSA) is 60.2 Å². The second kappa shape index (κ2) is 6.39. The Balaban J connectivity index is 2.11. The van der Waals surface area contributed by atoms with Crippen molar-refractivity contribution in [2.45, 2.75) is 33.3 Å². The average Bonchev–Trinajstić information content (AvgIpc) is 2.45. The van der Waals surface area contributed by atoms with Crippen LogP contribution in [0.25, 0.3) is 0 Å². The molecule has 0 saturated heterocycles. The third-order valence-corrected chi connectivity index (χ3v) is 3.16. The van der Waals surface area contributed by atoms with Gasteiger partial charge in [0.25, 0.3) is 0 Å². The van der Waals surface area contributed by atoms with Gasteiger partial charge in [0.2, 0.25) is 0 Å². The predicted octanol–water partition coefficient (Wildman–Crippen LogP) is 3.38. The van der Waals surface area contributed by atoms with Crippen molar-refractivity contribution in [1.82, 2.24) is 4.98 Å². The molecule has 0 aliphatic heterocycles. The maximum Gasteiger partial charge on any atom is 0.139 e. The Morgan fingerprint density at radius 1 is 1.25 bits per heavy atom. The van der Waals surface area contributed by atoms with Gasteiger partial charge in [0.1, 0.15) is 18.2 Å². The van der Waals surface area contributed by atoms with E-state index in [1.807, 2.05) is 12.1 Å². The Labute approximate surface area is 120 Å². The van der Waals surface area contributed by atoms with Crippen molar-refractivity contribution in [2.24, 2.45) is 5.84 Å². The number of hydrazine groups is 1. The fourth-order valence-electron chi connectivity index (χ4n) is 2.00. The number of pyridine rings is 1. The zero-order chi connectivity index (χ0) is 14.5. The van der Waals surface area contributed by atoms with Gasteiger partial charge in [-0.05, 0) is 36.1 Å². The van der Waals surface area contributed by atoms with Crippen molar-refractivity contribution >= 4 is 5.82 Å². The van der Waals surface area contributed by atoms with Gasteiger partial charge in [0, 0.05) is 11.8 Å². The third kappa shape index (κ3) is 3.48. The highest BCUT2D eigenvalue weighted by atomic mass is 16.5. The normalized spacial score (nSPS) is 10.7. The molecule has 2 rings (SSSR count). The van der Waals surface area contributed by atoms with E-state index >= 15 is 0 Å². The lowest BCUT2D eigenvalue weighted by atomic mass is 10.0. The monoisotopic (exact) mass is 271 g/mol. The van der Waals surface area contributed by atoms with E-state index in [1.54, 1.807) is 6.20 Å². The van der Waals surface area contributed by atoms with Crippen molar-refractivity contribution in [2.75, 3.05) is 5.43 Å². The highest BCUT2D eigenvalue weighted by Gasteiger charge is 2.08. The molecule has 4 heteroatoms. The molecule has 4 nitrogen and oxygen atoms in total. The molecule has 1 heterocycles. The lowest BCUT2D eigenvalue weighted by Crippen LogP contribution is -2.08. The minimum absolute atomic E-state index is 0.438. The summed E-state index contributed by atoms with van der Waals surface area (Å²) in [6, 6.07) is 10.1. The zero-order valence-electron chi connectivity index (χ0n) is 12.2. The lowest BCUT2D eigenvalue weighted by molar-refractivity contribution is 0.301. The van der Waals surface area contributed by atoms with Crippen LogP contribution in [0, 0.1) is 6.92 Å². The fourth-order valence-corrected chi connectivity index (χ4v) is 2.00. The number of nitrogens with one attached hydrogen (secondary N) is 1. The van der Waals surface area contributed by atoms with E-state index in [-0.39, 0.29) is 0 Å². The van der Waals surface area contributed by atoms with Crippen LogP contribution in [0.3, 0.4) is 0 Å². The SMILES string of the molecule is Cc1ccc(C(C)C)c(OCc2ccc(NN)nc2)c1. The number of anilines is 1. The summed E-state index contributed by atoms with van der Waals surface area (Å²) in [5.41, 5.74) is 5.95. The van der Waals surface area contributed by atoms with Gasteiger partial charge in [-0.2, -0.15) is 0 Å². The molecule has 0 aliphatic carbocycles.